The summed E-state index contributed by atoms with van der Waals surface area (Å²) in [6, 6.07) is 2.92. The topological polar surface area (TPSA) is 51.7 Å². The Kier molecular flexibility index (Phi) is 9.01. The van der Waals surface area contributed by atoms with E-state index >= 15 is 0 Å². The van der Waals surface area contributed by atoms with E-state index in [1.807, 2.05) is 0 Å². The van der Waals surface area contributed by atoms with E-state index in [0.29, 0.717) is 42.1 Å². The summed E-state index contributed by atoms with van der Waals surface area (Å²) in [5.41, 5.74) is -4.85. The zero-order valence-electron chi connectivity index (χ0n) is 19.4. The van der Waals surface area contributed by atoms with Gasteiger partial charge in [0.05, 0.1) is 10.7 Å². The lowest BCUT2D eigenvalue weighted by atomic mass is 9.98. The van der Waals surface area contributed by atoms with E-state index in [0.717, 1.165) is 16.0 Å². The number of hydrogen-bond acceptors (Lipinski definition) is 6. The van der Waals surface area contributed by atoms with E-state index in [9.17, 15) is 31.1 Å². The van der Waals surface area contributed by atoms with Crippen LogP contribution in [0.3, 0.4) is 0 Å². The van der Waals surface area contributed by atoms with Crippen LogP contribution in [0.4, 0.5) is 31.1 Å². The largest absolute Gasteiger partial charge is 0.573 e. The Morgan fingerprint density at radius 3 is 2.31 bits per heavy atom. The van der Waals surface area contributed by atoms with Gasteiger partial charge in [-0.15, -0.1) is 24.5 Å². The predicted molar refractivity (Wildman–Crippen MR) is 134 cm³/mol. The normalized spacial score (nSPS) is 15.8. The summed E-state index contributed by atoms with van der Waals surface area (Å²) < 4.78 is 87.1. The first-order chi connectivity index (χ1) is 16.5. The highest BCUT2D eigenvalue weighted by Crippen LogP contribution is 2.43. The van der Waals surface area contributed by atoms with Crippen LogP contribution in [0.2, 0.25) is 0 Å². The van der Waals surface area contributed by atoms with E-state index in [2.05, 4.69) is 32.3 Å². The van der Waals surface area contributed by atoms with Crippen LogP contribution in [0, 0.1) is 0 Å². The van der Waals surface area contributed by atoms with Crippen molar-refractivity contribution in [1.29, 1.82) is 0 Å². The number of alkyl halides is 7. The first-order valence-electron chi connectivity index (χ1n) is 10.7. The fourth-order valence-corrected chi connectivity index (χ4v) is 6.15. The second-order valence-corrected chi connectivity index (χ2v) is 12.0. The number of likely N-dealkylation sites (tertiary alicyclic amines) is 1. The predicted octanol–water partition coefficient (Wildman–Crippen LogP) is 8.37. The fourth-order valence-electron chi connectivity index (χ4n) is 3.59. The van der Waals surface area contributed by atoms with E-state index in [-0.39, 0.29) is 11.5 Å². The van der Waals surface area contributed by atoms with Crippen LogP contribution >= 0.6 is 45.7 Å². The summed E-state index contributed by atoms with van der Waals surface area (Å²) in [4.78, 5) is 18.9. The van der Waals surface area contributed by atoms with Gasteiger partial charge in [-0.3, -0.25) is 0 Å². The van der Waals surface area contributed by atoms with Gasteiger partial charge in [-0.1, -0.05) is 22.6 Å². The van der Waals surface area contributed by atoms with Crippen molar-refractivity contribution in [3.8, 4) is 17.0 Å². The highest BCUT2D eigenvalue weighted by Gasteiger charge is 2.34. The van der Waals surface area contributed by atoms with Crippen LogP contribution in [-0.4, -0.2) is 46.5 Å². The van der Waals surface area contributed by atoms with Crippen molar-refractivity contribution in [2.75, 3.05) is 13.1 Å². The Labute approximate surface area is 226 Å². The maximum Gasteiger partial charge on any atom is 0.573 e. The lowest BCUT2D eigenvalue weighted by Gasteiger charge is -2.32. The van der Waals surface area contributed by atoms with Crippen molar-refractivity contribution in [3.63, 3.8) is 0 Å². The number of hydrogen-bond donors (Lipinski definition) is 0. The van der Waals surface area contributed by atoms with Crippen molar-refractivity contribution in [3.05, 3.63) is 28.1 Å². The van der Waals surface area contributed by atoms with Gasteiger partial charge in [-0.2, -0.15) is 13.2 Å². The molecule has 0 atom stereocenters. The molecule has 1 aliphatic heterocycles. The molecule has 3 rings (SSSR count). The zero-order valence-corrected chi connectivity index (χ0v) is 23.2. The average Bonchev–Trinajstić information content (AvgIpc) is 3.14. The average molecular weight is 668 g/mol. The van der Waals surface area contributed by atoms with Crippen molar-refractivity contribution in [2.24, 2.45) is 0 Å². The Morgan fingerprint density at radius 2 is 1.78 bits per heavy atom. The van der Waals surface area contributed by atoms with Crippen molar-refractivity contribution < 1.29 is 40.6 Å². The third kappa shape index (κ3) is 8.57. The molecule has 0 saturated carbocycles. The van der Waals surface area contributed by atoms with Gasteiger partial charge >= 0.3 is 18.0 Å². The Balaban J connectivity index is 1.86. The van der Waals surface area contributed by atoms with E-state index < -0.39 is 46.0 Å². The molecule has 1 aromatic heterocycles. The molecule has 36 heavy (non-hydrogen) atoms. The van der Waals surface area contributed by atoms with Gasteiger partial charge in [0.1, 0.15) is 11.4 Å². The zero-order chi connectivity index (χ0) is 26.9. The quantitative estimate of drug-likeness (QED) is 0.139. The minimum absolute atomic E-state index is 0.00256. The van der Waals surface area contributed by atoms with Crippen molar-refractivity contribution >= 4 is 51.8 Å². The van der Waals surface area contributed by atoms with Gasteiger partial charge in [-0.05, 0) is 63.6 Å². The van der Waals surface area contributed by atoms with Gasteiger partial charge in [0.15, 0.2) is 0 Å². The molecule has 1 saturated heterocycles. The van der Waals surface area contributed by atoms with Gasteiger partial charge < -0.3 is 14.4 Å². The second-order valence-electron chi connectivity index (χ2n) is 8.99. The van der Waals surface area contributed by atoms with Crippen LogP contribution in [-0.2, 0) is 9.16 Å². The van der Waals surface area contributed by atoms with Crippen LogP contribution in [0.1, 0.15) is 49.4 Å². The molecule has 200 valence electrons. The highest BCUT2D eigenvalue weighted by molar-refractivity contribution is 14.1. The number of halogens is 7. The Bertz CT molecular complexity index is 1040. The molecule has 2 heterocycles. The maximum absolute atomic E-state index is 13.0. The summed E-state index contributed by atoms with van der Waals surface area (Å²) in [7, 11) is 0. The molecule has 0 N–H and O–H groups in total. The van der Waals surface area contributed by atoms with Gasteiger partial charge in [0.25, 0.3) is 0 Å². The Morgan fingerprint density at radius 1 is 1.14 bits per heavy atom. The van der Waals surface area contributed by atoms with Crippen LogP contribution in [0.15, 0.2) is 23.1 Å². The molecule has 0 unspecified atom stereocenters. The number of piperidine rings is 1. The summed E-state index contributed by atoms with van der Waals surface area (Å²) in [6.45, 7) is 6.26. The van der Waals surface area contributed by atoms with Crippen LogP contribution in [0.25, 0.3) is 11.3 Å². The number of benzene rings is 1. The maximum atomic E-state index is 13.0. The molecule has 0 spiro atoms. The van der Waals surface area contributed by atoms with E-state index in [1.165, 1.54) is 17.4 Å². The number of nitrogens with zero attached hydrogens (tertiary/aromatic N) is 2. The number of rotatable bonds is 5. The summed E-state index contributed by atoms with van der Waals surface area (Å²) in [5.74, 6) is -0.742. The number of carbonyl (C=O) groups excluding carboxylic acids is 1. The van der Waals surface area contributed by atoms with Crippen LogP contribution in [0.5, 0.6) is 5.75 Å². The smallest absolute Gasteiger partial charge is 0.444 e. The molecule has 14 heteroatoms. The fraction of sp³-hybridized carbons (Fsp3) is 0.545. The van der Waals surface area contributed by atoms with Gasteiger partial charge in [-0.25, -0.2) is 9.78 Å². The number of ether oxygens (including phenoxy) is 2. The van der Waals surface area contributed by atoms with Gasteiger partial charge in [0, 0.05) is 38.8 Å². The highest BCUT2D eigenvalue weighted by atomic mass is 127. The molecule has 1 aromatic carbocycles. The van der Waals surface area contributed by atoms with Gasteiger partial charge in [0.2, 0.25) is 0 Å². The molecule has 5 nitrogen and oxygen atoms in total. The van der Waals surface area contributed by atoms with Crippen LogP contribution < -0.4 is 4.74 Å². The monoisotopic (exact) mass is 668 g/mol. The van der Waals surface area contributed by atoms with Crippen molar-refractivity contribution in [1.82, 2.24) is 9.88 Å². The summed E-state index contributed by atoms with van der Waals surface area (Å²) in [5, 5.41) is 0.729. The minimum atomic E-state index is -5.06. The van der Waals surface area contributed by atoms with Crippen molar-refractivity contribution in [2.45, 2.75) is 66.3 Å². The third-order valence-corrected chi connectivity index (χ3v) is 8.15. The number of thiazole rings is 1. The van der Waals surface area contributed by atoms with E-state index in [1.54, 1.807) is 25.7 Å². The molecule has 1 fully saturated rings. The number of amides is 1. The standard InChI is InChI=1S/C22H23F6IN2O3S2/c1-20(2,3)34-19(32)31-6-4-12(5-7-31)18-30-17(16(11-29)35-18)13-8-14(33-21(23,24)25)10-15(9-13)36-22(26,27)28/h8-10,12H,4-7,11H2,1-3H3. The lowest BCUT2D eigenvalue weighted by Crippen LogP contribution is -2.41. The molecular formula is C22H23F6IN2O3S2. The molecular weight excluding hydrogens is 645 g/mol. The SMILES string of the molecule is CC(C)(C)OC(=O)N1CCC(c2nc(-c3cc(OC(F)(F)F)cc(SC(F)(F)F)c3)c(CI)s2)CC1. The molecule has 1 amide bonds. The molecule has 0 radical (unpaired) electrons. The third-order valence-electron chi connectivity index (χ3n) is 4.95. The second kappa shape index (κ2) is 11.1. The Hall–Kier alpha value is -1.42. The first-order valence-corrected chi connectivity index (χ1v) is 13.9. The molecule has 1 aliphatic rings. The molecule has 2 aromatic rings. The molecule has 0 aliphatic carbocycles. The summed E-state index contributed by atoms with van der Waals surface area (Å²) in [6.07, 6.45) is -4.23. The number of thioether (sulfide) groups is 1. The minimum Gasteiger partial charge on any atom is -0.444 e. The number of aromatic nitrogens is 1. The first kappa shape index (κ1) is 29.1. The number of carbonyl (C=O) groups is 1. The summed E-state index contributed by atoms with van der Waals surface area (Å²) >= 11 is 2.94. The van der Waals surface area contributed by atoms with E-state index in [4.69, 9.17) is 4.74 Å². The lowest BCUT2D eigenvalue weighted by molar-refractivity contribution is -0.274. The molecule has 0 bridgehead atoms.